The number of urea groups is 1. The van der Waals surface area contributed by atoms with Gasteiger partial charge in [0.2, 0.25) is 0 Å². The number of nitrogens with one attached hydrogen (secondary N) is 2. The minimum atomic E-state index is -0.861. The molecule has 1 aromatic rings. The lowest BCUT2D eigenvalue weighted by molar-refractivity contribution is -0.150. The molecule has 0 aromatic heterocycles. The van der Waals surface area contributed by atoms with E-state index in [4.69, 9.17) is 4.74 Å². The summed E-state index contributed by atoms with van der Waals surface area (Å²) in [7, 11) is 0. The highest BCUT2D eigenvalue weighted by Gasteiger charge is 2.52. The van der Waals surface area contributed by atoms with Crippen molar-refractivity contribution in [2.24, 2.45) is 0 Å². The molecule has 1 aliphatic heterocycles. The summed E-state index contributed by atoms with van der Waals surface area (Å²) >= 11 is 0. The topological polar surface area (TPSA) is 105 Å². The van der Waals surface area contributed by atoms with E-state index in [9.17, 15) is 19.2 Å². The molecule has 0 unspecified atom stereocenters. The molecule has 1 saturated carbocycles. The van der Waals surface area contributed by atoms with Crippen LogP contribution in [0, 0.1) is 6.92 Å². The first-order valence-electron chi connectivity index (χ1n) is 8.56. The van der Waals surface area contributed by atoms with Crippen LogP contribution in [0.25, 0.3) is 0 Å². The SMILES string of the molecule is Cc1cccc(NC(=O)COC(=O)CN2C(=O)NC3(CCCC3)C2=O)c1. The van der Waals surface area contributed by atoms with Gasteiger partial charge in [-0.2, -0.15) is 0 Å². The summed E-state index contributed by atoms with van der Waals surface area (Å²) in [5.74, 6) is -1.68. The van der Waals surface area contributed by atoms with Crippen LogP contribution < -0.4 is 10.6 Å². The molecule has 8 nitrogen and oxygen atoms in total. The first-order valence-corrected chi connectivity index (χ1v) is 8.56. The van der Waals surface area contributed by atoms with Gasteiger partial charge in [-0.1, -0.05) is 25.0 Å². The van der Waals surface area contributed by atoms with Gasteiger partial charge in [0, 0.05) is 5.69 Å². The second-order valence-electron chi connectivity index (χ2n) is 6.69. The summed E-state index contributed by atoms with van der Waals surface area (Å²) in [5.41, 5.74) is 0.724. The number of benzene rings is 1. The van der Waals surface area contributed by atoms with Crippen LogP contribution in [0.4, 0.5) is 10.5 Å². The Morgan fingerprint density at radius 3 is 2.69 bits per heavy atom. The summed E-state index contributed by atoms with van der Waals surface area (Å²) in [5, 5.41) is 5.30. The maximum absolute atomic E-state index is 12.4. The fraction of sp³-hybridized carbons (Fsp3) is 0.444. The molecule has 1 heterocycles. The van der Waals surface area contributed by atoms with Crippen LogP contribution in [0.1, 0.15) is 31.2 Å². The van der Waals surface area contributed by atoms with Gasteiger partial charge < -0.3 is 15.4 Å². The van der Waals surface area contributed by atoms with E-state index in [-0.39, 0.29) is 5.91 Å². The number of imide groups is 1. The number of carbonyl (C=O) groups excluding carboxylic acids is 4. The van der Waals surface area contributed by atoms with Crippen molar-refractivity contribution in [2.45, 2.75) is 38.1 Å². The maximum Gasteiger partial charge on any atom is 0.326 e. The van der Waals surface area contributed by atoms with E-state index >= 15 is 0 Å². The lowest BCUT2D eigenvalue weighted by Crippen LogP contribution is -2.44. The number of aryl methyl sites for hydroxylation is 1. The van der Waals surface area contributed by atoms with Crippen molar-refractivity contribution >= 4 is 29.5 Å². The Morgan fingerprint density at radius 2 is 2.00 bits per heavy atom. The van der Waals surface area contributed by atoms with Gasteiger partial charge in [0.25, 0.3) is 11.8 Å². The number of nitrogens with zero attached hydrogens (tertiary/aromatic N) is 1. The van der Waals surface area contributed by atoms with Crippen molar-refractivity contribution < 1.29 is 23.9 Å². The van der Waals surface area contributed by atoms with Gasteiger partial charge in [0.15, 0.2) is 6.61 Å². The Balaban J connectivity index is 1.49. The number of hydrogen-bond donors (Lipinski definition) is 2. The number of hydrogen-bond acceptors (Lipinski definition) is 5. The zero-order valence-corrected chi connectivity index (χ0v) is 14.5. The molecule has 3 rings (SSSR count). The Labute approximate surface area is 150 Å². The van der Waals surface area contributed by atoms with Crippen LogP contribution >= 0.6 is 0 Å². The van der Waals surface area contributed by atoms with E-state index in [2.05, 4.69) is 10.6 Å². The van der Waals surface area contributed by atoms with E-state index in [1.807, 2.05) is 13.0 Å². The monoisotopic (exact) mass is 359 g/mol. The number of carbonyl (C=O) groups is 4. The fourth-order valence-electron chi connectivity index (χ4n) is 3.38. The molecular weight excluding hydrogens is 338 g/mol. The molecule has 1 aromatic carbocycles. The number of anilines is 1. The molecule has 2 N–H and O–H groups in total. The van der Waals surface area contributed by atoms with Gasteiger partial charge >= 0.3 is 12.0 Å². The van der Waals surface area contributed by atoms with Crippen molar-refractivity contribution in [3.8, 4) is 0 Å². The first-order chi connectivity index (χ1) is 12.4. The minimum Gasteiger partial charge on any atom is -0.454 e. The molecule has 26 heavy (non-hydrogen) atoms. The summed E-state index contributed by atoms with van der Waals surface area (Å²) in [6.07, 6.45) is 2.90. The molecule has 0 bridgehead atoms. The summed E-state index contributed by atoms with van der Waals surface area (Å²) < 4.78 is 4.89. The molecule has 4 amide bonds. The Hall–Kier alpha value is -2.90. The molecule has 8 heteroatoms. The Morgan fingerprint density at radius 1 is 1.27 bits per heavy atom. The van der Waals surface area contributed by atoms with E-state index < -0.39 is 36.6 Å². The summed E-state index contributed by atoms with van der Waals surface area (Å²) in [4.78, 5) is 49.1. The second-order valence-corrected chi connectivity index (χ2v) is 6.69. The van der Waals surface area contributed by atoms with Crippen LogP contribution in [-0.2, 0) is 19.1 Å². The fourth-order valence-corrected chi connectivity index (χ4v) is 3.38. The van der Waals surface area contributed by atoms with Gasteiger partial charge in [-0.3, -0.25) is 19.3 Å². The third-order valence-corrected chi connectivity index (χ3v) is 4.66. The number of esters is 1. The maximum atomic E-state index is 12.4. The lowest BCUT2D eigenvalue weighted by atomic mass is 9.98. The Kier molecular flexibility index (Phi) is 4.92. The second kappa shape index (κ2) is 7.15. The van der Waals surface area contributed by atoms with Crippen LogP contribution in [0.15, 0.2) is 24.3 Å². The predicted molar refractivity (Wildman–Crippen MR) is 92.2 cm³/mol. The zero-order chi connectivity index (χ0) is 18.7. The number of rotatable bonds is 5. The smallest absolute Gasteiger partial charge is 0.326 e. The molecule has 1 spiro atoms. The predicted octanol–water partition coefficient (Wildman–Crippen LogP) is 1.34. The van der Waals surface area contributed by atoms with Crippen molar-refractivity contribution in [1.82, 2.24) is 10.2 Å². The average molecular weight is 359 g/mol. The van der Waals surface area contributed by atoms with Crippen molar-refractivity contribution in [3.63, 3.8) is 0 Å². The van der Waals surface area contributed by atoms with Gasteiger partial charge in [0.05, 0.1) is 0 Å². The van der Waals surface area contributed by atoms with E-state index in [0.717, 1.165) is 23.3 Å². The van der Waals surface area contributed by atoms with Gasteiger partial charge in [-0.15, -0.1) is 0 Å². The highest BCUT2D eigenvalue weighted by atomic mass is 16.5. The average Bonchev–Trinajstić information content (AvgIpc) is 3.14. The third-order valence-electron chi connectivity index (χ3n) is 4.66. The molecule has 0 atom stereocenters. The van der Waals surface area contributed by atoms with E-state index in [1.54, 1.807) is 18.2 Å². The molecular formula is C18H21N3O5. The number of ether oxygens (including phenoxy) is 1. The van der Waals surface area contributed by atoms with Gasteiger partial charge in [-0.25, -0.2) is 4.79 Å². The molecule has 1 aliphatic carbocycles. The normalized spacial score (nSPS) is 18.1. The molecule has 0 radical (unpaired) electrons. The minimum absolute atomic E-state index is 0.388. The molecule has 1 saturated heterocycles. The third kappa shape index (κ3) is 3.68. The first kappa shape index (κ1) is 17.9. The van der Waals surface area contributed by atoms with Crippen molar-refractivity contribution in [3.05, 3.63) is 29.8 Å². The van der Waals surface area contributed by atoms with Gasteiger partial charge in [-0.05, 0) is 37.5 Å². The highest BCUT2D eigenvalue weighted by Crippen LogP contribution is 2.34. The van der Waals surface area contributed by atoms with Crippen LogP contribution in [0.2, 0.25) is 0 Å². The largest absolute Gasteiger partial charge is 0.454 e. The summed E-state index contributed by atoms with van der Waals surface area (Å²) in [6.45, 7) is 0.913. The van der Waals surface area contributed by atoms with Crippen LogP contribution in [0.5, 0.6) is 0 Å². The van der Waals surface area contributed by atoms with Crippen molar-refractivity contribution in [2.75, 3.05) is 18.5 Å². The molecule has 2 fully saturated rings. The van der Waals surface area contributed by atoms with E-state index in [1.165, 1.54) is 0 Å². The Bertz CT molecular complexity index is 755. The van der Waals surface area contributed by atoms with Gasteiger partial charge in [0.1, 0.15) is 12.1 Å². The van der Waals surface area contributed by atoms with Crippen LogP contribution in [0.3, 0.4) is 0 Å². The lowest BCUT2D eigenvalue weighted by Gasteiger charge is -2.19. The zero-order valence-electron chi connectivity index (χ0n) is 14.5. The molecule has 2 aliphatic rings. The number of amides is 4. The van der Waals surface area contributed by atoms with Crippen molar-refractivity contribution in [1.29, 1.82) is 0 Å². The molecule has 138 valence electrons. The highest BCUT2D eigenvalue weighted by molar-refractivity contribution is 6.09. The quantitative estimate of drug-likeness (QED) is 0.610. The van der Waals surface area contributed by atoms with E-state index in [0.29, 0.717) is 18.5 Å². The summed E-state index contributed by atoms with van der Waals surface area (Å²) in [6, 6.07) is 6.62. The van der Waals surface area contributed by atoms with Crippen LogP contribution in [-0.4, -0.2) is 47.4 Å². The standard InChI is InChI=1S/C18H21N3O5/c1-12-5-4-6-13(9-12)19-14(22)11-26-15(23)10-21-16(24)18(20-17(21)25)7-2-3-8-18/h4-6,9H,2-3,7-8,10-11H2,1H3,(H,19,22)(H,20,25).